The Morgan fingerprint density at radius 1 is 1.14 bits per heavy atom. The molecule has 0 fully saturated rings. The van der Waals surface area contributed by atoms with Crippen molar-refractivity contribution in [1.82, 2.24) is 9.97 Å². The second kappa shape index (κ2) is 5.20. The normalized spacial score (nSPS) is 10.5. The van der Waals surface area contributed by atoms with Gasteiger partial charge in [-0.1, -0.05) is 12.1 Å². The summed E-state index contributed by atoms with van der Waals surface area (Å²) in [4.78, 5) is 20.1. The highest BCUT2D eigenvalue weighted by Gasteiger charge is 2.09. The zero-order valence-electron chi connectivity index (χ0n) is 11.4. The lowest BCUT2D eigenvalue weighted by atomic mass is 10.1. The molecule has 3 aromatic rings. The van der Waals surface area contributed by atoms with E-state index in [-0.39, 0.29) is 0 Å². The lowest BCUT2D eigenvalue weighted by Gasteiger charge is -2.08. The minimum atomic E-state index is -0.479. The predicted octanol–water partition coefficient (Wildman–Crippen LogP) is 2.40. The van der Waals surface area contributed by atoms with Gasteiger partial charge in [0.05, 0.1) is 30.0 Å². The summed E-state index contributed by atoms with van der Waals surface area (Å²) < 4.78 is 5.33. The first-order valence-electron chi connectivity index (χ1n) is 6.39. The third kappa shape index (κ3) is 2.41. The molecule has 0 spiro atoms. The van der Waals surface area contributed by atoms with Crippen LogP contribution in [0.15, 0.2) is 48.7 Å². The maximum absolute atomic E-state index is 11.2. The minimum absolute atomic E-state index is 0.418. The van der Waals surface area contributed by atoms with Gasteiger partial charge in [0.1, 0.15) is 5.75 Å². The first-order valence-corrected chi connectivity index (χ1v) is 6.39. The zero-order valence-corrected chi connectivity index (χ0v) is 11.4. The molecule has 0 aliphatic rings. The molecule has 21 heavy (non-hydrogen) atoms. The summed E-state index contributed by atoms with van der Waals surface area (Å²) in [5.41, 5.74) is 8.59. The Labute approximate surface area is 121 Å². The molecule has 3 rings (SSSR count). The quantitative estimate of drug-likeness (QED) is 0.798. The van der Waals surface area contributed by atoms with Gasteiger partial charge in [0, 0.05) is 11.1 Å². The Balaban J connectivity index is 2.13. The third-order valence-corrected chi connectivity index (χ3v) is 3.21. The minimum Gasteiger partial charge on any atom is -0.496 e. The Kier molecular flexibility index (Phi) is 3.23. The standard InChI is InChI=1S/C16H13N3O2/c1-21-15-5-3-2-4-11(15)14-9-18-13-8-10(16(17)20)6-7-12(13)19-14/h2-9H,1H3,(H2,17,20). The number of primary amides is 1. The van der Waals surface area contributed by atoms with Gasteiger partial charge in [-0.3, -0.25) is 9.78 Å². The van der Waals surface area contributed by atoms with E-state index in [1.165, 1.54) is 0 Å². The van der Waals surface area contributed by atoms with Crippen molar-refractivity contribution in [3.05, 3.63) is 54.2 Å². The number of hydrogen-bond acceptors (Lipinski definition) is 4. The Morgan fingerprint density at radius 2 is 1.95 bits per heavy atom. The highest BCUT2D eigenvalue weighted by molar-refractivity contribution is 5.96. The van der Waals surface area contributed by atoms with E-state index >= 15 is 0 Å². The van der Waals surface area contributed by atoms with Crippen molar-refractivity contribution >= 4 is 16.9 Å². The van der Waals surface area contributed by atoms with Gasteiger partial charge in [-0.2, -0.15) is 0 Å². The van der Waals surface area contributed by atoms with Crippen LogP contribution >= 0.6 is 0 Å². The summed E-state index contributed by atoms with van der Waals surface area (Å²) in [5.74, 6) is 0.257. The molecule has 0 bridgehead atoms. The zero-order chi connectivity index (χ0) is 14.8. The van der Waals surface area contributed by atoms with Crippen LogP contribution in [0.4, 0.5) is 0 Å². The van der Waals surface area contributed by atoms with E-state index < -0.39 is 5.91 Å². The topological polar surface area (TPSA) is 78.1 Å². The highest BCUT2D eigenvalue weighted by Crippen LogP contribution is 2.28. The number of carbonyl (C=O) groups is 1. The molecule has 1 heterocycles. The van der Waals surface area contributed by atoms with Gasteiger partial charge in [0.25, 0.3) is 0 Å². The maximum Gasteiger partial charge on any atom is 0.248 e. The molecule has 5 nitrogen and oxygen atoms in total. The second-order valence-corrected chi connectivity index (χ2v) is 4.52. The van der Waals surface area contributed by atoms with Crippen molar-refractivity contribution in [2.75, 3.05) is 7.11 Å². The summed E-state index contributed by atoms with van der Waals surface area (Å²) in [6.45, 7) is 0. The Bertz CT molecular complexity index is 831. The monoisotopic (exact) mass is 279 g/mol. The molecule has 0 aliphatic heterocycles. The van der Waals surface area contributed by atoms with Crippen molar-refractivity contribution in [2.45, 2.75) is 0 Å². The summed E-state index contributed by atoms with van der Waals surface area (Å²) in [5, 5.41) is 0. The van der Waals surface area contributed by atoms with Gasteiger partial charge in [-0.25, -0.2) is 4.98 Å². The van der Waals surface area contributed by atoms with E-state index in [9.17, 15) is 4.79 Å². The van der Waals surface area contributed by atoms with Gasteiger partial charge in [-0.15, -0.1) is 0 Å². The molecule has 5 heteroatoms. The van der Waals surface area contributed by atoms with E-state index in [4.69, 9.17) is 10.5 Å². The average Bonchev–Trinajstić information content (AvgIpc) is 2.53. The molecule has 1 amide bonds. The van der Waals surface area contributed by atoms with E-state index in [0.717, 1.165) is 11.3 Å². The fraction of sp³-hybridized carbons (Fsp3) is 0.0625. The molecule has 0 aliphatic carbocycles. The number of methoxy groups -OCH3 is 1. The van der Waals surface area contributed by atoms with E-state index in [1.54, 1.807) is 31.5 Å². The number of nitrogens with zero attached hydrogens (tertiary/aromatic N) is 2. The number of fused-ring (bicyclic) bond motifs is 1. The molecule has 0 unspecified atom stereocenters. The van der Waals surface area contributed by atoms with Gasteiger partial charge in [0.15, 0.2) is 0 Å². The largest absolute Gasteiger partial charge is 0.496 e. The van der Waals surface area contributed by atoms with Crippen LogP contribution in [0, 0.1) is 0 Å². The van der Waals surface area contributed by atoms with Crippen LogP contribution < -0.4 is 10.5 Å². The molecule has 2 aromatic carbocycles. The molecular formula is C16H13N3O2. The molecule has 0 atom stereocenters. The van der Waals surface area contributed by atoms with E-state index in [1.807, 2.05) is 24.3 Å². The molecule has 1 aromatic heterocycles. The average molecular weight is 279 g/mol. The van der Waals surface area contributed by atoms with Crippen LogP contribution in [-0.4, -0.2) is 23.0 Å². The molecule has 0 radical (unpaired) electrons. The molecule has 0 saturated heterocycles. The number of hydrogen-bond donors (Lipinski definition) is 1. The van der Waals surface area contributed by atoms with Gasteiger partial charge < -0.3 is 10.5 Å². The number of ether oxygens (including phenoxy) is 1. The fourth-order valence-corrected chi connectivity index (χ4v) is 2.15. The molecule has 2 N–H and O–H groups in total. The van der Waals surface area contributed by atoms with Gasteiger partial charge in [-0.05, 0) is 30.3 Å². The van der Waals surface area contributed by atoms with Crippen LogP contribution in [0.25, 0.3) is 22.3 Å². The first-order chi connectivity index (χ1) is 10.2. The SMILES string of the molecule is COc1ccccc1-c1cnc2cc(C(N)=O)ccc2n1. The number of aromatic nitrogens is 2. The second-order valence-electron chi connectivity index (χ2n) is 4.52. The number of carbonyl (C=O) groups excluding carboxylic acids is 1. The van der Waals surface area contributed by atoms with Crippen LogP contribution in [-0.2, 0) is 0 Å². The van der Waals surface area contributed by atoms with Crippen molar-refractivity contribution < 1.29 is 9.53 Å². The number of benzene rings is 2. The number of rotatable bonds is 3. The summed E-state index contributed by atoms with van der Waals surface area (Å²) in [7, 11) is 1.62. The van der Waals surface area contributed by atoms with E-state index in [2.05, 4.69) is 9.97 Å². The molecular weight excluding hydrogens is 266 g/mol. The number of amides is 1. The van der Waals surface area contributed by atoms with Gasteiger partial charge >= 0.3 is 0 Å². The van der Waals surface area contributed by atoms with Crippen molar-refractivity contribution in [3.8, 4) is 17.0 Å². The smallest absolute Gasteiger partial charge is 0.248 e. The van der Waals surface area contributed by atoms with Crippen molar-refractivity contribution in [2.24, 2.45) is 5.73 Å². The van der Waals surface area contributed by atoms with Crippen LogP contribution in [0.5, 0.6) is 5.75 Å². The predicted molar refractivity (Wildman–Crippen MR) is 80.0 cm³/mol. The van der Waals surface area contributed by atoms with Gasteiger partial charge in [0.2, 0.25) is 5.91 Å². The maximum atomic E-state index is 11.2. The number of para-hydroxylation sites is 1. The third-order valence-electron chi connectivity index (χ3n) is 3.21. The fourth-order valence-electron chi connectivity index (χ4n) is 2.15. The van der Waals surface area contributed by atoms with Crippen molar-refractivity contribution in [3.63, 3.8) is 0 Å². The van der Waals surface area contributed by atoms with Crippen LogP contribution in [0.1, 0.15) is 10.4 Å². The molecule has 104 valence electrons. The summed E-state index contributed by atoms with van der Waals surface area (Å²) in [6.07, 6.45) is 1.66. The Hall–Kier alpha value is -2.95. The highest BCUT2D eigenvalue weighted by atomic mass is 16.5. The van der Waals surface area contributed by atoms with Crippen molar-refractivity contribution in [1.29, 1.82) is 0 Å². The lowest BCUT2D eigenvalue weighted by molar-refractivity contribution is 0.100. The number of nitrogens with two attached hydrogens (primary N) is 1. The first kappa shape index (κ1) is 13.1. The molecule has 0 saturated carbocycles. The van der Waals surface area contributed by atoms with Crippen LogP contribution in [0.3, 0.4) is 0 Å². The lowest BCUT2D eigenvalue weighted by Crippen LogP contribution is -2.10. The van der Waals surface area contributed by atoms with E-state index in [0.29, 0.717) is 22.3 Å². The summed E-state index contributed by atoms with van der Waals surface area (Å²) in [6, 6.07) is 12.6. The summed E-state index contributed by atoms with van der Waals surface area (Å²) >= 11 is 0. The Morgan fingerprint density at radius 3 is 2.71 bits per heavy atom. The van der Waals surface area contributed by atoms with Crippen LogP contribution in [0.2, 0.25) is 0 Å².